The largest absolute Gasteiger partial charge is 0.450 e. The molecule has 0 bridgehead atoms. The highest BCUT2D eigenvalue weighted by molar-refractivity contribution is 9.10. The first kappa shape index (κ1) is 14.2. The van der Waals surface area contributed by atoms with E-state index in [1.807, 2.05) is 0 Å². The molecule has 17 heavy (non-hydrogen) atoms. The number of halogens is 5. The van der Waals surface area contributed by atoms with Crippen LogP contribution in [0.5, 0.6) is 0 Å². The molecule has 92 valence electrons. The quantitative estimate of drug-likeness (QED) is 0.624. The third-order valence-electron chi connectivity index (χ3n) is 1.87. The van der Waals surface area contributed by atoms with Gasteiger partial charge in [-0.2, -0.15) is 13.2 Å². The van der Waals surface area contributed by atoms with E-state index in [1.165, 1.54) is 18.2 Å². The van der Waals surface area contributed by atoms with Gasteiger partial charge in [0.1, 0.15) is 0 Å². The zero-order valence-corrected chi connectivity index (χ0v) is 10.5. The summed E-state index contributed by atoms with van der Waals surface area (Å²) in [4.78, 5) is 22.1. The fourth-order valence-electron chi connectivity index (χ4n) is 1.06. The first-order chi connectivity index (χ1) is 7.71. The second-order valence-corrected chi connectivity index (χ2v) is 4.44. The summed E-state index contributed by atoms with van der Waals surface area (Å²) in [6, 6.07) is 3.99. The van der Waals surface area contributed by atoms with Gasteiger partial charge in [0.05, 0.1) is 6.42 Å². The Morgan fingerprint density at radius 1 is 1.29 bits per heavy atom. The van der Waals surface area contributed by atoms with Crippen LogP contribution in [-0.2, 0) is 4.79 Å². The van der Waals surface area contributed by atoms with Gasteiger partial charge < -0.3 is 0 Å². The van der Waals surface area contributed by atoms with Gasteiger partial charge in [0.2, 0.25) is 5.78 Å². The molecule has 2 nitrogen and oxygen atoms in total. The molecular formula is C10H5BrClF3O2. The number of Topliss-reactive ketones (excluding diaryl/α,β-unsaturated/α-hetero) is 2. The molecule has 0 saturated carbocycles. The van der Waals surface area contributed by atoms with E-state index in [1.54, 1.807) is 0 Å². The van der Waals surface area contributed by atoms with Crippen LogP contribution in [0.25, 0.3) is 0 Å². The fraction of sp³-hybridized carbons (Fsp3) is 0.200. The van der Waals surface area contributed by atoms with Crippen molar-refractivity contribution >= 4 is 39.1 Å². The van der Waals surface area contributed by atoms with Gasteiger partial charge >= 0.3 is 6.18 Å². The van der Waals surface area contributed by atoms with Gasteiger partial charge in [0.25, 0.3) is 0 Å². The lowest BCUT2D eigenvalue weighted by atomic mass is 10.1. The molecule has 1 rings (SSSR count). The van der Waals surface area contributed by atoms with Crippen molar-refractivity contribution in [2.45, 2.75) is 12.6 Å². The van der Waals surface area contributed by atoms with E-state index in [-0.39, 0.29) is 10.0 Å². The summed E-state index contributed by atoms with van der Waals surface area (Å²) in [5.41, 5.74) is -0.00741. The lowest BCUT2D eigenvalue weighted by Crippen LogP contribution is -2.25. The number of hydrogen-bond acceptors (Lipinski definition) is 2. The average molecular weight is 329 g/mol. The first-order valence-electron chi connectivity index (χ1n) is 4.30. The molecule has 0 aliphatic carbocycles. The summed E-state index contributed by atoms with van der Waals surface area (Å²) in [6.07, 6.45) is -6.20. The Hall–Kier alpha value is -0.880. The predicted molar refractivity (Wildman–Crippen MR) is 59.2 cm³/mol. The molecule has 0 radical (unpaired) electrons. The molecule has 0 unspecified atom stereocenters. The molecule has 0 aromatic heterocycles. The summed E-state index contributed by atoms with van der Waals surface area (Å²) in [7, 11) is 0. The van der Waals surface area contributed by atoms with E-state index in [9.17, 15) is 22.8 Å². The first-order valence-corrected chi connectivity index (χ1v) is 5.47. The van der Waals surface area contributed by atoms with Gasteiger partial charge in [-0.3, -0.25) is 9.59 Å². The highest BCUT2D eigenvalue weighted by atomic mass is 79.9. The average Bonchev–Trinajstić information content (AvgIpc) is 2.15. The van der Waals surface area contributed by atoms with Crippen LogP contribution in [0.3, 0.4) is 0 Å². The van der Waals surface area contributed by atoms with E-state index in [0.29, 0.717) is 5.02 Å². The summed E-state index contributed by atoms with van der Waals surface area (Å²) >= 11 is 8.60. The summed E-state index contributed by atoms with van der Waals surface area (Å²) in [6.45, 7) is 0. The van der Waals surface area contributed by atoms with E-state index in [4.69, 9.17) is 11.6 Å². The van der Waals surface area contributed by atoms with E-state index < -0.39 is 24.2 Å². The van der Waals surface area contributed by atoms with Gasteiger partial charge in [-0.15, -0.1) is 0 Å². The van der Waals surface area contributed by atoms with Crippen LogP contribution in [0.4, 0.5) is 13.2 Å². The molecule has 0 saturated heterocycles. The summed E-state index contributed by atoms with van der Waals surface area (Å²) in [5.74, 6) is -2.97. The maximum atomic E-state index is 12.0. The Labute approximate surface area is 108 Å². The molecule has 1 aromatic rings. The summed E-state index contributed by atoms with van der Waals surface area (Å²) in [5, 5.41) is 0.329. The van der Waals surface area contributed by atoms with E-state index >= 15 is 0 Å². The minimum Gasteiger partial charge on any atom is -0.294 e. The number of alkyl halides is 3. The maximum Gasteiger partial charge on any atom is 0.450 e. The SMILES string of the molecule is O=C(CC(=O)C(F)(F)F)c1ccc(Cl)cc1Br. The Balaban J connectivity index is 2.88. The van der Waals surface area contributed by atoms with Crippen molar-refractivity contribution in [3.05, 3.63) is 33.3 Å². The number of ketones is 2. The smallest absolute Gasteiger partial charge is 0.294 e. The number of hydrogen-bond donors (Lipinski definition) is 0. The molecule has 7 heteroatoms. The third kappa shape index (κ3) is 3.81. The van der Waals surface area contributed by atoms with Crippen LogP contribution >= 0.6 is 27.5 Å². The zero-order chi connectivity index (χ0) is 13.2. The maximum absolute atomic E-state index is 12.0. The van der Waals surface area contributed by atoms with Gasteiger partial charge in [0, 0.05) is 15.1 Å². The fourth-order valence-corrected chi connectivity index (χ4v) is 1.96. The highest BCUT2D eigenvalue weighted by Crippen LogP contribution is 2.24. The molecule has 1 aromatic carbocycles. The van der Waals surface area contributed by atoms with Crippen LogP contribution < -0.4 is 0 Å². The van der Waals surface area contributed by atoms with E-state index in [0.717, 1.165) is 0 Å². The van der Waals surface area contributed by atoms with Crippen molar-refractivity contribution < 1.29 is 22.8 Å². The number of carbonyl (C=O) groups is 2. The van der Waals surface area contributed by atoms with Crippen LogP contribution in [-0.4, -0.2) is 17.7 Å². The van der Waals surface area contributed by atoms with Gasteiger partial charge in [-0.05, 0) is 34.1 Å². The minimum absolute atomic E-state index is 0.00741. The van der Waals surface area contributed by atoms with Gasteiger partial charge in [-0.1, -0.05) is 11.6 Å². The van der Waals surface area contributed by atoms with Crippen molar-refractivity contribution in [3.63, 3.8) is 0 Å². The third-order valence-corrected chi connectivity index (χ3v) is 2.76. The Kier molecular flexibility index (Phi) is 4.32. The zero-order valence-electron chi connectivity index (χ0n) is 8.15. The lowest BCUT2D eigenvalue weighted by molar-refractivity contribution is -0.170. The van der Waals surface area contributed by atoms with Crippen molar-refractivity contribution in [3.8, 4) is 0 Å². The predicted octanol–water partition coefficient (Wildman–Crippen LogP) is 3.81. The minimum atomic E-state index is -4.99. The molecule has 0 N–H and O–H groups in total. The van der Waals surface area contributed by atoms with Crippen molar-refractivity contribution in [2.24, 2.45) is 0 Å². The number of carbonyl (C=O) groups excluding carboxylic acids is 2. The molecule has 0 heterocycles. The second kappa shape index (κ2) is 5.18. The number of rotatable bonds is 3. The lowest BCUT2D eigenvalue weighted by Gasteiger charge is -2.06. The molecule has 0 aliphatic rings. The van der Waals surface area contributed by atoms with Crippen molar-refractivity contribution in [1.82, 2.24) is 0 Å². The normalized spacial score (nSPS) is 11.4. The van der Waals surface area contributed by atoms with Crippen LogP contribution in [0.15, 0.2) is 22.7 Å². The Morgan fingerprint density at radius 2 is 1.88 bits per heavy atom. The van der Waals surface area contributed by atoms with Gasteiger partial charge in [0.15, 0.2) is 5.78 Å². The Morgan fingerprint density at radius 3 is 2.35 bits per heavy atom. The van der Waals surface area contributed by atoms with Gasteiger partial charge in [-0.25, -0.2) is 0 Å². The standard InChI is InChI=1S/C10H5BrClF3O2/c11-7-3-5(12)1-2-6(7)8(16)4-9(17)10(13,14)15/h1-3H,4H2. The van der Waals surface area contributed by atoms with Crippen molar-refractivity contribution in [1.29, 1.82) is 0 Å². The summed E-state index contributed by atoms with van der Waals surface area (Å²) < 4.78 is 36.1. The highest BCUT2D eigenvalue weighted by Gasteiger charge is 2.39. The second-order valence-electron chi connectivity index (χ2n) is 3.15. The topological polar surface area (TPSA) is 34.1 Å². The molecule has 0 aliphatic heterocycles. The molecule has 0 amide bonds. The molecular weight excluding hydrogens is 324 g/mol. The van der Waals surface area contributed by atoms with Crippen LogP contribution in [0, 0.1) is 0 Å². The molecule has 0 fully saturated rings. The van der Waals surface area contributed by atoms with Crippen LogP contribution in [0.1, 0.15) is 16.8 Å². The monoisotopic (exact) mass is 328 g/mol. The molecule has 0 spiro atoms. The van der Waals surface area contributed by atoms with Crippen LogP contribution in [0.2, 0.25) is 5.02 Å². The molecule has 0 atom stereocenters. The van der Waals surface area contributed by atoms with Crippen molar-refractivity contribution in [2.75, 3.05) is 0 Å². The van der Waals surface area contributed by atoms with E-state index in [2.05, 4.69) is 15.9 Å². The number of benzene rings is 1. The Bertz CT molecular complexity index is 471.